The molecule has 0 aliphatic heterocycles. The van der Waals surface area contributed by atoms with E-state index in [9.17, 15) is 22.8 Å². The molecule has 6 nitrogen and oxygen atoms in total. The maximum atomic E-state index is 12.8. The van der Waals surface area contributed by atoms with Crippen molar-refractivity contribution >= 4 is 28.8 Å². The van der Waals surface area contributed by atoms with E-state index in [0.29, 0.717) is 34.3 Å². The number of rotatable bonds is 8. The van der Waals surface area contributed by atoms with E-state index in [4.69, 9.17) is 0 Å². The summed E-state index contributed by atoms with van der Waals surface area (Å²) >= 11 is 1.25. The molecule has 1 aromatic heterocycles. The molecule has 154 valence electrons. The van der Waals surface area contributed by atoms with Gasteiger partial charge in [-0.25, -0.2) is 9.78 Å². The second-order valence-electron chi connectivity index (χ2n) is 6.52. The Kier molecular flexibility index (Phi) is 7.73. The third-order valence-corrected chi connectivity index (χ3v) is 4.70. The van der Waals surface area contributed by atoms with Gasteiger partial charge in [0.15, 0.2) is 11.8 Å². The quantitative estimate of drug-likeness (QED) is 0.402. The number of benzene rings is 1. The Balaban J connectivity index is 2.03. The highest BCUT2D eigenvalue weighted by Crippen LogP contribution is 2.18. The number of hydrogen-bond donors (Lipinski definition) is 1. The van der Waals surface area contributed by atoms with Crippen molar-refractivity contribution in [3.05, 3.63) is 34.6 Å². The summed E-state index contributed by atoms with van der Waals surface area (Å²) in [6.45, 7) is 3.07. The molecule has 1 heterocycles. The van der Waals surface area contributed by atoms with Gasteiger partial charge in [-0.05, 0) is 24.5 Å². The number of para-hydroxylation sites is 1. The Hall–Kier alpha value is -2.23. The Morgan fingerprint density at radius 3 is 2.71 bits per heavy atom. The third-order valence-electron chi connectivity index (χ3n) is 3.73. The Morgan fingerprint density at radius 2 is 2.04 bits per heavy atom. The Morgan fingerprint density at radius 1 is 1.32 bits per heavy atom. The number of carbonyl (C=O) groups excluding carboxylic acids is 1. The van der Waals surface area contributed by atoms with Crippen LogP contribution < -0.4 is 10.9 Å². The topological polar surface area (TPSA) is 73.2 Å². The smallest absolute Gasteiger partial charge is 0.422 e. The molecule has 0 fully saturated rings. The molecule has 2 aromatic rings. The van der Waals surface area contributed by atoms with Gasteiger partial charge in [0.2, 0.25) is 0 Å². The van der Waals surface area contributed by atoms with Crippen LogP contribution in [-0.4, -0.2) is 40.7 Å². The number of thioether (sulfide) groups is 1. The number of aromatic nitrogens is 2. The van der Waals surface area contributed by atoms with Crippen molar-refractivity contribution in [1.29, 1.82) is 0 Å². The SMILES string of the molecule is CC(C)CCn1c(SCCNC(=O)OCC(F)(F)F)nc2ccccc2c1=O. The predicted octanol–water partition coefficient (Wildman–Crippen LogP) is 3.82. The minimum atomic E-state index is -4.56. The van der Waals surface area contributed by atoms with E-state index in [0.717, 1.165) is 6.42 Å². The lowest BCUT2D eigenvalue weighted by atomic mass is 10.1. The van der Waals surface area contributed by atoms with Gasteiger partial charge in [-0.15, -0.1) is 0 Å². The molecule has 1 aromatic carbocycles. The summed E-state index contributed by atoms with van der Waals surface area (Å²) in [4.78, 5) is 28.6. The number of alkyl carbamates (subject to hydrolysis) is 1. The van der Waals surface area contributed by atoms with Gasteiger partial charge in [-0.3, -0.25) is 9.36 Å². The molecule has 0 aliphatic carbocycles. The summed E-state index contributed by atoms with van der Waals surface area (Å²) in [6, 6.07) is 7.05. The summed E-state index contributed by atoms with van der Waals surface area (Å²) < 4.78 is 41.7. The van der Waals surface area contributed by atoms with Crippen molar-refractivity contribution in [2.24, 2.45) is 5.92 Å². The second kappa shape index (κ2) is 9.81. The van der Waals surface area contributed by atoms with Gasteiger partial charge < -0.3 is 10.1 Å². The van der Waals surface area contributed by atoms with Crippen molar-refractivity contribution in [2.75, 3.05) is 18.9 Å². The predicted molar refractivity (Wildman–Crippen MR) is 102 cm³/mol. The number of halogens is 3. The largest absolute Gasteiger partial charge is 0.440 e. The van der Waals surface area contributed by atoms with Crippen LogP contribution >= 0.6 is 11.8 Å². The maximum absolute atomic E-state index is 12.8. The first kappa shape index (κ1) is 22.1. The molecule has 0 aliphatic rings. The van der Waals surface area contributed by atoms with E-state index in [2.05, 4.69) is 28.9 Å². The lowest BCUT2D eigenvalue weighted by Crippen LogP contribution is -2.30. The van der Waals surface area contributed by atoms with E-state index in [-0.39, 0.29) is 12.1 Å². The van der Waals surface area contributed by atoms with Crippen molar-refractivity contribution in [2.45, 2.75) is 38.1 Å². The molecule has 0 spiro atoms. The van der Waals surface area contributed by atoms with Crippen molar-refractivity contribution < 1.29 is 22.7 Å². The molecule has 28 heavy (non-hydrogen) atoms. The second-order valence-corrected chi connectivity index (χ2v) is 7.58. The molecule has 1 N–H and O–H groups in total. The third kappa shape index (κ3) is 6.74. The Bertz CT molecular complexity index is 869. The normalized spacial score (nSPS) is 11.8. The lowest BCUT2D eigenvalue weighted by molar-refractivity contribution is -0.160. The van der Waals surface area contributed by atoms with E-state index < -0.39 is 18.9 Å². The summed E-state index contributed by atoms with van der Waals surface area (Å²) in [6.07, 6.45) is -4.90. The number of nitrogens with one attached hydrogen (secondary N) is 1. The zero-order valence-electron chi connectivity index (χ0n) is 15.6. The minimum Gasteiger partial charge on any atom is -0.440 e. The molecule has 0 radical (unpaired) electrons. The first-order valence-corrected chi connectivity index (χ1v) is 9.75. The van der Waals surface area contributed by atoms with Crippen LogP contribution in [0.4, 0.5) is 18.0 Å². The van der Waals surface area contributed by atoms with Crippen LogP contribution in [0, 0.1) is 5.92 Å². The zero-order valence-corrected chi connectivity index (χ0v) is 16.4. The summed E-state index contributed by atoms with van der Waals surface area (Å²) in [5.41, 5.74) is 0.444. The van der Waals surface area contributed by atoms with Gasteiger partial charge >= 0.3 is 12.3 Å². The standard InChI is InChI=1S/C18H22F3N3O3S/c1-12(2)7-9-24-15(25)13-5-3-4-6-14(13)23-16(24)28-10-8-22-17(26)27-11-18(19,20)21/h3-6,12H,7-11H2,1-2H3,(H,22,26). The number of carbonyl (C=O) groups is 1. The first-order valence-electron chi connectivity index (χ1n) is 8.77. The summed E-state index contributed by atoms with van der Waals surface area (Å²) in [5.74, 6) is 0.731. The van der Waals surface area contributed by atoms with E-state index in [1.165, 1.54) is 11.8 Å². The van der Waals surface area contributed by atoms with Crippen molar-refractivity contribution in [3.8, 4) is 0 Å². The minimum absolute atomic E-state index is 0.0776. The van der Waals surface area contributed by atoms with Crippen LogP contribution in [0.3, 0.4) is 0 Å². The van der Waals surface area contributed by atoms with Gasteiger partial charge in [-0.1, -0.05) is 37.7 Å². The highest BCUT2D eigenvalue weighted by Gasteiger charge is 2.29. The van der Waals surface area contributed by atoms with Crippen LogP contribution in [0.15, 0.2) is 34.2 Å². The number of nitrogens with zero attached hydrogens (tertiary/aromatic N) is 2. The highest BCUT2D eigenvalue weighted by atomic mass is 32.2. The van der Waals surface area contributed by atoms with E-state index >= 15 is 0 Å². The van der Waals surface area contributed by atoms with E-state index in [1.807, 2.05) is 0 Å². The van der Waals surface area contributed by atoms with Crippen molar-refractivity contribution in [3.63, 3.8) is 0 Å². The highest BCUT2D eigenvalue weighted by molar-refractivity contribution is 7.99. The summed E-state index contributed by atoms with van der Waals surface area (Å²) in [7, 11) is 0. The number of alkyl halides is 3. The monoisotopic (exact) mass is 417 g/mol. The first-order chi connectivity index (χ1) is 13.2. The van der Waals surface area contributed by atoms with Gasteiger partial charge in [0, 0.05) is 18.8 Å². The molecular weight excluding hydrogens is 395 g/mol. The average molecular weight is 417 g/mol. The molecule has 0 saturated heterocycles. The molecule has 2 rings (SSSR count). The lowest BCUT2D eigenvalue weighted by Gasteiger charge is -2.14. The molecule has 10 heteroatoms. The molecule has 0 bridgehead atoms. The molecule has 0 saturated carbocycles. The van der Waals surface area contributed by atoms with Gasteiger partial charge in [0.25, 0.3) is 5.56 Å². The maximum Gasteiger partial charge on any atom is 0.422 e. The van der Waals surface area contributed by atoms with Crippen LogP contribution in [0.25, 0.3) is 10.9 Å². The van der Waals surface area contributed by atoms with Gasteiger partial charge in [-0.2, -0.15) is 13.2 Å². The van der Waals surface area contributed by atoms with Crippen LogP contribution in [0.2, 0.25) is 0 Å². The number of hydrogen-bond acceptors (Lipinski definition) is 5. The summed E-state index contributed by atoms with van der Waals surface area (Å²) in [5, 5.41) is 3.29. The molecular formula is C18H22F3N3O3S. The van der Waals surface area contributed by atoms with Gasteiger partial charge in [0.05, 0.1) is 10.9 Å². The molecule has 1 amide bonds. The fourth-order valence-electron chi connectivity index (χ4n) is 2.34. The Labute approximate surface area is 164 Å². The number of ether oxygens (including phenoxy) is 1. The van der Waals surface area contributed by atoms with Crippen molar-refractivity contribution in [1.82, 2.24) is 14.9 Å². The van der Waals surface area contributed by atoms with Gasteiger partial charge in [0.1, 0.15) is 0 Å². The van der Waals surface area contributed by atoms with Crippen LogP contribution in [0.1, 0.15) is 20.3 Å². The fraction of sp³-hybridized carbons (Fsp3) is 0.500. The average Bonchev–Trinajstić information content (AvgIpc) is 2.62. The van der Waals surface area contributed by atoms with Crippen LogP contribution in [0.5, 0.6) is 0 Å². The fourth-order valence-corrected chi connectivity index (χ4v) is 3.22. The zero-order chi connectivity index (χ0) is 20.7. The number of fused-ring (bicyclic) bond motifs is 1. The van der Waals surface area contributed by atoms with Crippen LogP contribution in [-0.2, 0) is 11.3 Å². The molecule has 0 unspecified atom stereocenters. The van der Waals surface area contributed by atoms with E-state index in [1.54, 1.807) is 28.8 Å². The number of amides is 1. The molecule has 0 atom stereocenters.